The number of carbonyl (C=O) groups excluding carboxylic acids is 1. The molecule has 2 heterocycles. The maximum atomic E-state index is 12.2. The van der Waals surface area contributed by atoms with E-state index in [1.165, 1.54) is 17.9 Å². The topological polar surface area (TPSA) is 79.6 Å². The molecule has 26 heavy (non-hydrogen) atoms. The third kappa shape index (κ3) is 5.06. The summed E-state index contributed by atoms with van der Waals surface area (Å²) in [5.74, 6) is 0.187. The van der Waals surface area contributed by atoms with E-state index in [2.05, 4.69) is 4.72 Å². The van der Waals surface area contributed by atoms with Crippen molar-refractivity contribution >= 4 is 22.0 Å². The van der Waals surface area contributed by atoms with Crippen molar-refractivity contribution in [1.29, 1.82) is 0 Å². The zero-order valence-electron chi connectivity index (χ0n) is 14.4. The lowest BCUT2D eigenvalue weighted by atomic mass is 9.97. The summed E-state index contributed by atoms with van der Waals surface area (Å²) in [6.45, 7) is 1.63. The minimum atomic E-state index is -3.47. The van der Waals surface area contributed by atoms with Gasteiger partial charge in [0.25, 0.3) is 5.91 Å². The average Bonchev–Trinajstić information content (AvgIpc) is 3.20. The maximum absolute atomic E-state index is 12.2. The molecule has 1 saturated heterocycles. The van der Waals surface area contributed by atoms with Crippen LogP contribution in [0.2, 0.25) is 0 Å². The first-order valence-corrected chi connectivity index (χ1v) is 10.1. The fourth-order valence-corrected chi connectivity index (χ4v) is 3.82. The SMILES string of the molecule is O=C(c1ccoc1)N1CCC(CNS(=O)(=O)/C=C/c2ccccc2)CC1. The van der Waals surface area contributed by atoms with Crippen LogP contribution in [0.25, 0.3) is 6.08 Å². The van der Waals surface area contributed by atoms with Crippen molar-refractivity contribution in [3.63, 3.8) is 0 Å². The molecule has 0 aliphatic carbocycles. The molecule has 2 aromatic rings. The van der Waals surface area contributed by atoms with Gasteiger partial charge in [0.05, 0.1) is 11.8 Å². The van der Waals surface area contributed by atoms with Crippen LogP contribution < -0.4 is 4.72 Å². The van der Waals surface area contributed by atoms with Gasteiger partial charge in [0.2, 0.25) is 10.0 Å². The van der Waals surface area contributed by atoms with E-state index in [9.17, 15) is 13.2 Å². The Morgan fingerprint density at radius 3 is 2.58 bits per heavy atom. The van der Waals surface area contributed by atoms with Crippen LogP contribution in [0.1, 0.15) is 28.8 Å². The highest BCUT2D eigenvalue weighted by Gasteiger charge is 2.24. The Kier molecular flexibility index (Phi) is 5.90. The molecule has 0 atom stereocenters. The van der Waals surface area contributed by atoms with Gasteiger partial charge in [0.1, 0.15) is 6.26 Å². The van der Waals surface area contributed by atoms with Crippen molar-refractivity contribution in [3.05, 3.63) is 65.5 Å². The van der Waals surface area contributed by atoms with Gasteiger partial charge in [-0.25, -0.2) is 13.1 Å². The minimum Gasteiger partial charge on any atom is -0.472 e. The summed E-state index contributed by atoms with van der Waals surface area (Å²) in [6.07, 6.45) is 6.05. The van der Waals surface area contributed by atoms with E-state index >= 15 is 0 Å². The van der Waals surface area contributed by atoms with Gasteiger partial charge in [-0.3, -0.25) is 4.79 Å². The van der Waals surface area contributed by atoms with Crippen LogP contribution in [-0.2, 0) is 10.0 Å². The van der Waals surface area contributed by atoms with Crippen LogP contribution in [0.4, 0.5) is 0 Å². The molecule has 1 aliphatic rings. The van der Waals surface area contributed by atoms with Gasteiger partial charge in [0, 0.05) is 25.0 Å². The number of likely N-dealkylation sites (tertiary alicyclic amines) is 1. The number of hydrogen-bond donors (Lipinski definition) is 1. The Labute approximate surface area is 153 Å². The van der Waals surface area contributed by atoms with E-state index in [0.717, 1.165) is 18.4 Å². The van der Waals surface area contributed by atoms with Crippen LogP contribution >= 0.6 is 0 Å². The third-order valence-corrected chi connectivity index (χ3v) is 5.55. The number of amides is 1. The number of nitrogens with one attached hydrogen (secondary N) is 1. The monoisotopic (exact) mass is 374 g/mol. The number of benzene rings is 1. The van der Waals surface area contributed by atoms with E-state index in [-0.39, 0.29) is 11.8 Å². The highest BCUT2D eigenvalue weighted by Crippen LogP contribution is 2.19. The molecule has 1 aromatic heterocycles. The highest BCUT2D eigenvalue weighted by molar-refractivity contribution is 7.92. The van der Waals surface area contributed by atoms with Gasteiger partial charge < -0.3 is 9.32 Å². The Morgan fingerprint density at radius 1 is 1.19 bits per heavy atom. The number of hydrogen-bond acceptors (Lipinski definition) is 4. The molecule has 1 aromatic carbocycles. The first kappa shape index (κ1) is 18.4. The number of furan rings is 1. The minimum absolute atomic E-state index is 0.0384. The van der Waals surface area contributed by atoms with Crippen LogP contribution in [0.15, 0.2) is 58.7 Å². The second kappa shape index (κ2) is 8.33. The van der Waals surface area contributed by atoms with E-state index < -0.39 is 10.0 Å². The molecule has 6 nitrogen and oxygen atoms in total. The zero-order valence-corrected chi connectivity index (χ0v) is 15.2. The highest BCUT2D eigenvalue weighted by atomic mass is 32.2. The Hall–Kier alpha value is -2.38. The summed E-state index contributed by atoms with van der Waals surface area (Å²) in [4.78, 5) is 14.0. The molecule has 0 bridgehead atoms. The van der Waals surface area contributed by atoms with E-state index in [0.29, 0.717) is 25.2 Å². The van der Waals surface area contributed by atoms with Crippen molar-refractivity contribution in [2.45, 2.75) is 12.8 Å². The van der Waals surface area contributed by atoms with Gasteiger partial charge in [-0.15, -0.1) is 0 Å². The summed E-state index contributed by atoms with van der Waals surface area (Å²) in [5, 5.41) is 1.19. The zero-order chi connectivity index (χ0) is 18.4. The van der Waals surface area contributed by atoms with Gasteiger partial charge in [-0.2, -0.15) is 0 Å². The molecule has 7 heteroatoms. The summed E-state index contributed by atoms with van der Waals surface area (Å²) in [6, 6.07) is 10.9. The molecular formula is C19H22N2O4S. The Morgan fingerprint density at radius 2 is 1.92 bits per heavy atom. The lowest BCUT2D eigenvalue weighted by molar-refractivity contribution is 0.0691. The van der Waals surface area contributed by atoms with Crippen LogP contribution in [0.5, 0.6) is 0 Å². The molecule has 0 unspecified atom stereocenters. The molecular weight excluding hydrogens is 352 g/mol. The lowest BCUT2D eigenvalue weighted by Gasteiger charge is -2.31. The summed E-state index contributed by atoms with van der Waals surface area (Å²) < 4.78 is 31.8. The fourth-order valence-electron chi connectivity index (χ4n) is 2.92. The van der Waals surface area contributed by atoms with Crippen molar-refractivity contribution < 1.29 is 17.6 Å². The molecule has 1 amide bonds. The van der Waals surface area contributed by atoms with E-state index in [1.807, 2.05) is 30.3 Å². The standard InChI is InChI=1S/C19H22N2O4S/c22-19(18-8-12-25-15-18)21-10-6-17(7-11-21)14-20-26(23,24)13-9-16-4-2-1-3-5-16/h1-5,8-9,12-13,15,17,20H,6-7,10-11,14H2/b13-9+. The molecule has 0 radical (unpaired) electrons. The lowest BCUT2D eigenvalue weighted by Crippen LogP contribution is -2.41. The van der Waals surface area contributed by atoms with Crippen molar-refractivity contribution in [1.82, 2.24) is 9.62 Å². The maximum Gasteiger partial charge on any atom is 0.257 e. The number of carbonyl (C=O) groups is 1. The Bertz CT molecular complexity index is 837. The molecule has 138 valence electrons. The first-order valence-electron chi connectivity index (χ1n) is 8.58. The predicted octanol–water partition coefficient (Wildman–Crippen LogP) is 2.72. The van der Waals surface area contributed by atoms with E-state index in [4.69, 9.17) is 4.42 Å². The van der Waals surface area contributed by atoms with Crippen molar-refractivity contribution in [3.8, 4) is 0 Å². The van der Waals surface area contributed by atoms with Crippen LogP contribution in [0, 0.1) is 5.92 Å². The van der Waals surface area contributed by atoms with Gasteiger partial charge in [-0.1, -0.05) is 30.3 Å². The third-order valence-electron chi connectivity index (χ3n) is 4.48. The normalized spacial score (nSPS) is 16.2. The van der Waals surface area contributed by atoms with Crippen LogP contribution in [-0.4, -0.2) is 38.9 Å². The fraction of sp³-hybridized carbons (Fsp3) is 0.316. The first-order chi connectivity index (χ1) is 12.5. The number of rotatable bonds is 6. The molecule has 0 saturated carbocycles. The molecule has 1 N–H and O–H groups in total. The largest absolute Gasteiger partial charge is 0.472 e. The number of sulfonamides is 1. The second-order valence-corrected chi connectivity index (χ2v) is 8.01. The summed E-state index contributed by atoms with van der Waals surface area (Å²) >= 11 is 0. The van der Waals surface area contributed by atoms with Gasteiger partial charge in [0.15, 0.2) is 0 Å². The average molecular weight is 374 g/mol. The second-order valence-electron chi connectivity index (χ2n) is 6.35. The molecule has 0 spiro atoms. The summed E-state index contributed by atoms with van der Waals surface area (Å²) in [7, 11) is -3.47. The van der Waals surface area contributed by atoms with E-state index in [1.54, 1.807) is 17.0 Å². The Balaban J connectivity index is 1.46. The smallest absolute Gasteiger partial charge is 0.257 e. The predicted molar refractivity (Wildman–Crippen MR) is 99.7 cm³/mol. The van der Waals surface area contributed by atoms with Gasteiger partial charge >= 0.3 is 0 Å². The molecule has 3 rings (SSSR count). The number of piperidine rings is 1. The number of nitrogens with zero attached hydrogens (tertiary/aromatic N) is 1. The summed E-state index contributed by atoms with van der Waals surface area (Å²) in [5.41, 5.74) is 1.39. The van der Waals surface area contributed by atoms with Gasteiger partial charge in [-0.05, 0) is 36.5 Å². The molecule has 1 aliphatic heterocycles. The van der Waals surface area contributed by atoms with Crippen LogP contribution in [0.3, 0.4) is 0 Å². The van der Waals surface area contributed by atoms with Crippen molar-refractivity contribution in [2.24, 2.45) is 5.92 Å². The van der Waals surface area contributed by atoms with Crippen molar-refractivity contribution in [2.75, 3.05) is 19.6 Å². The quantitative estimate of drug-likeness (QED) is 0.843. The molecule has 1 fully saturated rings.